The number of aromatic nitrogens is 2. The first kappa shape index (κ1) is 11.3. The van der Waals surface area contributed by atoms with E-state index in [2.05, 4.69) is 20.6 Å². The van der Waals surface area contributed by atoms with Crippen LogP contribution < -0.4 is 10.6 Å². The van der Waals surface area contributed by atoms with E-state index in [1.807, 2.05) is 30.3 Å². The molecule has 0 saturated heterocycles. The molecule has 2 aromatic rings. The maximum Gasteiger partial charge on any atom is 0.135 e. The van der Waals surface area contributed by atoms with Gasteiger partial charge >= 0.3 is 0 Å². The minimum atomic E-state index is 0.0749. The fraction of sp³-hybridized carbons (Fsp3) is 0.167. The number of hydrogen-bond donors (Lipinski definition) is 3. The number of nitrogens with zero attached hydrogens (tertiary/aromatic N) is 2. The topological polar surface area (TPSA) is 70.1 Å². The van der Waals surface area contributed by atoms with Crippen LogP contribution >= 0.6 is 0 Å². The molecule has 0 aliphatic heterocycles. The van der Waals surface area contributed by atoms with Gasteiger partial charge in [-0.1, -0.05) is 18.2 Å². The zero-order valence-electron chi connectivity index (χ0n) is 9.30. The van der Waals surface area contributed by atoms with E-state index in [-0.39, 0.29) is 6.61 Å². The molecule has 1 heterocycles. The number of rotatable bonds is 5. The third-order valence-electron chi connectivity index (χ3n) is 2.13. The zero-order valence-corrected chi connectivity index (χ0v) is 9.30. The van der Waals surface area contributed by atoms with Crippen LogP contribution in [0.1, 0.15) is 0 Å². The average molecular weight is 230 g/mol. The number of hydrogen-bond acceptors (Lipinski definition) is 5. The minimum Gasteiger partial charge on any atom is -0.395 e. The van der Waals surface area contributed by atoms with Crippen molar-refractivity contribution in [3.63, 3.8) is 0 Å². The van der Waals surface area contributed by atoms with Crippen molar-refractivity contribution in [1.29, 1.82) is 0 Å². The minimum absolute atomic E-state index is 0.0749. The molecule has 0 spiro atoms. The third-order valence-corrected chi connectivity index (χ3v) is 2.13. The lowest BCUT2D eigenvalue weighted by atomic mass is 10.3. The van der Waals surface area contributed by atoms with Gasteiger partial charge in [-0.2, -0.15) is 0 Å². The Morgan fingerprint density at radius 1 is 1.06 bits per heavy atom. The Bertz CT molecular complexity index is 461. The van der Waals surface area contributed by atoms with Crippen molar-refractivity contribution in [1.82, 2.24) is 9.97 Å². The van der Waals surface area contributed by atoms with Crippen LogP contribution in [-0.2, 0) is 0 Å². The standard InChI is InChI=1S/C12H14N4O/c17-7-6-13-11-8-12(15-9-14-11)16-10-4-2-1-3-5-10/h1-5,8-9,17H,6-7H2,(H2,13,14,15,16). The first-order chi connectivity index (χ1) is 8.38. The fourth-order valence-corrected chi connectivity index (χ4v) is 1.38. The molecule has 1 aromatic carbocycles. The van der Waals surface area contributed by atoms with Gasteiger partial charge in [-0.05, 0) is 12.1 Å². The Labute approximate surface area is 99.6 Å². The largest absolute Gasteiger partial charge is 0.395 e. The molecule has 2 rings (SSSR count). The van der Waals surface area contributed by atoms with Gasteiger partial charge in [-0.25, -0.2) is 9.97 Å². The van der Waals surface area contributed by atoms with Gasteiger partial charge in [0, 0.05) is 18.3 Å². The Kier molecular flexibility index (Phi) is 3.88. The molecule has 5 heteroatoms. The summed E-state index contributed by atoms with van der Waals surface area (Å²) in [5.74, 6) is 1.40. The smallest absolute Gasteiger partial charge is 0.135 e. The average Bonchev–Trinajstić information content (AvgIpc) is 2.38. The lowest BCUT2D eigenvalue weighted by molar-refractivity contribution is 0.311. The summed E-state index contributed by atoms with van der Waals surface area (Å²) < 4.78 is 0. The van der Waals surface area contributed by atoms with Crippen LogP contribution in [0.5, 0.6) is 0 Å². The molecule has 0 aliphatic rings. The van der Waals surface area contributed by atoms with Crippen molar-refractivity contribution in [3.8, 4) is 0 Å². The molecule has 0 atom stereocenters. The van der Waals surface area contributed by atoms with Crippen LogP contribution in [0, 0.1) is 0 Å². The molecule has 3 N–H and O–H groups in total. The van der Waals surface area contributed by atoms with E-state index >= 15 is 0 Å². The number of benzene rings is 1. The second kappa shape index (κ2) is 5.81. The number of anilines is 3. The Hall–Kier alpha value is -2.14. The number of aliphatic hydroxyl groups excluding tert-OH is 1. The summed E-state index contributed by atoms with van der Waals surface area (Å²) in [4.78, 5) is 8.16. The van der Waals surface area contributed by atoms with Crippen LogP contribution in [0.25, 0.3) is 0 Å². The van der Waals surface area contributed by atoms with Gasteiger partial charge in [0.05, 0.1) is 6.61 Å². The van der Waals surface area contributed by atoms with Crippen molar-refractivity contribution < 1.29 is 5.11 Å². The van der Waals surface area contributed by atoms with E-state index in [0.29, 0.717) is 18.2 Å². The molecule has 0 amide bonds. The van der Waals surface area contributed by atoms with Crippen molar-refractivity contribution in [2.45, 2.75) is 0 Å². The van der Waals surface area contributed by atoms with Crippen molar-refractivity contribution >= 4 is 17.3 Å². The molecule has 0 fully saturated rings. The van der Waals surface area contributed by atoms with E-state index in [0.717, 1.165) is 5.69 Å². The summed E-state index contributed by atoms with van der Waals surface area (Å²) in [6.07, 6.45) is 1.48. The van der Waals surface area contributed by atoms with Crippen LogP contribution in [0.3, 0.4) is 0 Å². The molecular weight excluding hydrogens is 216 g/mol. The summed E-state index contributed by atoms with van der Waals surface area (Å²) in [6.45, 7) is 0.549. The zero-order chi connectivity index (χ0) is 11.9. The van der Waals surface area contributed by atoms with Crippen LogP contribution in [-0.4, -0.2) is 28.2 Å². The van der Waals surface area contributed by atoms with Crippen LogP contribution in [0.2, 0.25) is 0 Å². The lowest BCUT2D eigenvalue weighted by Gasteiger charge is -2.07. The SMILES string of the molecule is OCCNc1cc(Nc2ccccc2)ncn1. The molecule has 0 aliphatic carbocycles. The highest BCUT2D eigenvalue weighted by molar-refractivity contribution is 5.58. The van der Waals surface area contributed by atoms with Crippen molar-refractivity contribution in [3.05, 3.63) is 42.7 Å². The van der Waals surface area contributed by atoms with E-state index in [4.69, 9.17) is 5.11 Å². The Morgan fingerprint density at radius 2 is 1.82 bits per heavy atom. The van der Waals surface area contributed by atoms with Crippen molar-refractivity contribution in [2.24, 2.45) is 0 Å². The molecule has 17 heavy (non-hydrogen) atoms. The Balaban J connectivity index is 2.06. The van der Waals surface area contributed by atoms with Gasteiger partial charge in [-0.3, -0.25) is 0 Å². The number of para-hydroxylation sites is 1. The lowest BCUT2D eigenvalue weighted by Crippen LogP contribution is -2.07. The monoisotopic (exact) mass is 230 g/mol. The van der Waals surface area contributed by atoms with E-state index in [1.165, 1.54) is 6.33 Å². The van der Waals surface area contributed by atoms with Crippen LogP contribution in [0.4, 0.5) is 17.3 Å². The second-order valence-electron chi connectivity index (χ2n) is 3.43. The summed E-state index contributed by atoms with van der Waals surface area (Å²) in [5, 5.41) is 14.9. The first-order valence-corrected chi connectivity index (χ1v) is 5.37. The number of aliphatic hydroxyl groups is 1. The summed E-state index contributed by atoms with van der Waals surface area (Å²) >= 11 is 0. The molecule has 88 valence electrons. The summed E-state index contributed by atoms with van der Waals surface area (Å²) in [5.41, 5.74) is 0.972. The highest BCUT2D eigenvalue weighted by atomic mass is 16.3. The van der Waals surface area contributed by atoms with Gasteiger partial charge in [-0.15, -0.1) is 0 Å². The predicted molar refractivity (Wildman–Crippen MR) is 67.3 cm³/mol. The molecule has 0 radical (unpaired) electrons. The maximum absolute atomic E-state index is 8.71. The van der Waals surface area contributed by atoms with Crippen LogP contribution in [0.15, 0.2) is 42.7 Å². The van der Waals surface area contributed by atoms with Gasteiger partial charge in [0.15, 0.2) is 0 Å². The molecule has 1 aromatic heterocycles. The van der Waals surface area contributed by atoms with E-state index in [9.17, 15) is 0 Å². The number of nitrogens with one attached hydrogen (secondary N) is 2. The third kappa shape index (κ3) is 3.42. The summed E-state index contributed by atoms with van der Waals surface area (Å²) in [6, 6.07) is 11.6. The summed E-state index contributed by atoms with van der Waals surface area (Å²) in [7, 11) is 0. The fourth-order valence-electron chi connectivity index (χ4n) is 1.38. The van der Waals surface area contributed by atoms with Crippen molar-refractivity contribution in [2.75, 3.05) is 23.8 Å². The van der Waals surface area contributed by atoms with Gasteiger partial charge < -0.3 is 15.7 Å². The second-order valence-corrected chi connectivity index (χ2v) is 3.43. The van der Waals surface area contributed by atoms with Gasteiger partial charge in [0.1, 0.15) is 18.0 Å². The van der Waals surface area contributed by atoms with Gasteiger partial charge in [0.2, 0.25) is 0 Å². The Morgan fingerprint density at radius 3 is 2.59 bits per heavy atom. The highest BCUT2D eigenvalue weighted by Gasteiger charge is 1.98. The predicted octanol–water partition coefficient (Wildman–Crippen LogP) is 1.62. The molecule has 0 unspecified atom stereocenters. The maximum atomic E-state index is 8.71. The normalized spacial score (nSPS) is 9.94. The molecule has 0 saturated carbocycles. The quantitative estimate of drug-likeness (QED) is 0.728. The molecular formula is C12H14N4O. The molecule has 0 bridgehead atoms. The van der Waals surface area contributed by atoms with E-state index < -0.39 is 0 Å². The first-order valence-electron chi connectivity index (χ1n) is 5.37. The molecule has 5 nitrogen and oxygen atoms in total. The van der Waals surface area contributed by atoms with Gasteiger partial charge in [0.25, 0.3) is 0 Å². The van der Waals surface area contributed by atoms with E-state index in [1.54, 1.807) is 6.07 Å². The highest BCUT2D eigenvalue weighted by Crippen LogP contribution is 2.15.